The average molecular weight is 531 g/mol. The minimum absolute atomic E-state index is 0. The van der Waals surface area contributed by atoms with Crippen LogP contribution >= 0.6 is 15.6 Å². The normalized spacial score (nSPS) is 7.65. The maximum Gasteiger partial charge on any atom is 2.00 e. The molecule has 0 aromatic carbocycles. The third-order valence-corrected chi connectivity index (χ3v) is 0. The molecular weight excluding hydrogens is 528 g/mol. The molecular formula is H3Cl2K2MgNa3O12P2S. The fraction of sp³-hybridized carbons (Fsp3) is 0. The standard InChI is InChI=1S/2ClH.2K.Mg.3Na.2H3O4P.H2O4S/c;;;;;;;;3*1-5(2,3)4/h2*1H;;;;;;;2*(H3,1,2,3,4);(H2,1,2,3,4)/q;;2*+1;+2;3*+1;;;/p-7. The predicted molar refractivity (Wildman–Crippen MR) is 38.1 cm³/mol. The Kier molecular flexibility index (Phi) is 112. The van der Waals surface area contributed by atoms with Crippen LogP contribution in [0.3, 0.4) is 0 Å². The molecule has 0 radical (unpaired) electrons. The summed E-state index contributed by atoms with van der Waals surface area (Å²) in [5.41, 5.74) is 0. The molecule has 0 saturated carbocycles. The minimum atomic E-state index is -5.17. The zero-order valence-corrected chi connectivity index (χ0v) is 30.6. The predicted octanol–water partition coefficient (Wildman–Crippen LogP) is -26.4. The van der Waals surface area contributed by atoms with Gasteiger partial charge < -0.3 is 67.8 Å². The molecule has 12 nitrogen and oxygen atoms in total. The fourth-order valence-corrected chi connectivity index (χ4v) is 0. The zero-order chi connectivity index (χ0) is 13.5. The van der Waals surface area contributed by atoms with E-state index in [0.717, 1.165) is 0 Å². The molecule has 0 bridgehead atoms. The van der Waals surface area contributed by atoms with Crippen LogP contribution in [0.1, 0.15) is 0 Å². The first-order valence-corrected chi connectivity index (χ1v) is 6.54. The summed E-state index contributed by atoms with van der Waals surface area (Å²) in [5.74, 6) is 0. The first kappa shape index (κ1) is 69.8. The number of halogens is 2. The maximum absolute atomic E-state index is 8.77. The molecule has 0 aliphatic rings. The van der Waals surface area contributed by atoms with Crippen LogP contribution in [0.5, 0.6) is 0 Å². The summed E-state index contributed by atoms with van der Waals surface area (Å²) >= 11 is 0. The molecule has 23 heavy (non-hydrogen) atoms. The van der Waals surface area contributed by atoms with Crippen molar-refractivity contribution in [3.05, 3.63) is 0 Å². The van der Waals surface area contributed by atoms with Gasteiger partial charge in [0, 0.05) is 10.4 Å². The second-order valence-electron chi connectivity index (χ2n) is 1.37. The second-order valence-corrected chi connectivity index (χ2v) is 4.10. The summed E-state index contributed by atoms with van der Waals surface area (Å²) in [5, 5.41) is 0. The van der Waals surface area contributed by atoms with Gasteiger partial charge in [-0.1, -0.05) is 0 Å². The van der Waals surface area contributed by atoms with Gasteiger partial charge >= 0.3 is 214 Å². The van der Waals surface area contributed by atoms with Crippen molar-refractivity contribution < 1.29 is 272 Å². The van der Waals surface area contributed by atoms with Crippen LogP contribution in [0.25, 0.3) is 0 Å². The molecule has 0 spiro atoms. The Labute approximate surface area is 313 Å². The van der Waals surface area contributed by atoms with E-state index in [0.29, 0.717) is 0 Å². The second kappa shape index (κ2) is 37.0. The van der Waals surface area contributed by atoms with Crippen LogP contribution in [0.2, 0.25) is 0 Å². The van der Waals surface area contributed by atoms with Crippen LogP contribution in [-0.2, 0) is 19.5 Å². The van der Waals surface area contributed by atoms with Crippen LogP contribution < -0.4 is 231 Å². The summed E-state index contributed by atoms with van der Waals surface area (Å²) in [6.45, 7) is 0. The molecule has 0 aromatic heterocycles. The monoisotopic (exact) mass is 530 g/mol. The van der Waals surface area contributed by atoms with E-state index in [-0.39, 0.29) is 239 Å². The molecule has 0 atom stereocenters. The molecule has 0 rings (SSSR count). The molecule has 0 aliphatic carbocycles. The van der Waals surface area contributed by atoms with Crippen molar-refractivity contribution in [2.45, 2.75) is 0 Å². The Bertz CT molecular complexity index is 315. The molecule has 0 aliphatic heterocycles. The van der Waals surface area contributed by atoms with E-state index in [9.17, 15) is 0 Å². The van der Waals surface area contributed by atoms with Crippen molar-refractivity contribution in [3.8, 4) is 0 Å². The van der Waals surface area contributed by atoms with Crippen molar-refractivity contribution in [1.82, 2.24) is 0 Å². The molecule has 0 saturated heterocycles. The van der Waals surface area contributed by atoms with Crippen molar-refractivity contribution >= 4 is 49.1 Å². The summed E-state index contributed by atoms with van der Waals surface area (Å²) in [4.78, 5) is 47.2. The van der Waals surface area contributed by atoms with E-state index >= 15 is 0 Å². The van der Waals surface area contributed by atoms with E-state index in [1.807, 2.05) is 0 Å². The number of hydrogen-bond donors (Lipinski definition) is 3. The Balaban J connectivity index is -0.00000000889. The Morgan fingerprint density at radius 2 is 0.739 bits per heavy atom. The van der Waals surface area contributed by atoms with E-state index in [4.69, 9.17) is 56.0 Å². The van der Waals surface area contributed by atoms with Gasteiger partial charge in [-0.3, -0.25) is 13.0 Å². The average Bonchev–Trinajstić information content (AvgIpc) is 1.41. The van der Waals surface area contributed by atoms with Gasteiger partial charge in [0.15, 0.2) is 0 Å². The van der Waals surface area contributed by atoms with Gasteiger partial charge in [-0.05, 0) is 0 Å². The fourth-order valence-electron chi connectivity index (χ4n) is 0. The summed E-state index contributed by atoms with van der Waals surface area (Å²) in [6.07, 6.45) is 0. The number of hydrogen-bond acceptors (Lipinski definition) is 9. The van der Waals surface area contributed by atoms with Crippen molar-refractivity contribution in [1.29, 1.82) is 0 Å². The van der Waals surface area contributed by atoms with Crippen molar-refractivity contribution in [2.24, 2.45) is 0 Å². The van der Waals surface area contributed by atoms with Gasteiger partial charge in [0.1, 0.15) is 0 Å². The molecule has 23 heteroatoms. The molecule has 3 N–H and O–H groups in total. The van der Waals surface area contributed by atoms with Gasteiger partial charge in [0.2, 0.25) is 0 Å². The molecule has 0 amide bonds. The van der Waals surface area contributed by atoms with Crippen LogP contribution in [0.15, 0.2) is 0 Å². The van der Waals surface area contributed by atoms with Crippen molar-refractivity contribution in [2.75, 3.05) is 0 Å². The third kappa shape index (κ3) is 384. The van der Waals surface area contributed by atoms with Crippen LogP contribution in [0.4, 0.5) is 0 Å². The summed E-state index contributed by atoms with van der Waals surface area (Å²) in [6, 6.07) is 0. The van der Waals surface area contributed by atoms with Crippen molar-refractivity contribution in [3.63, 3.8) is 0 Å². The van der Waals surface area contributed by atoms with E-state index in [1.54, 1.807) is 0 Å². The molecule has 0 unspecified atom stereocenters. The first-order chi connectivity index (χ1) is 6.00. The Hall–Kier alpha value is 7.71. The first-order valence-electron chi connectivity index (χ1n) is 2.18. The molecule has 112 valence electrons. The SMILES string of the molecule is O=P([O-])(O)O.O=P([O-])([O-])O.O=S(=O)([O-])[O-].[Cl-].[Cl-].[K+].[K+].[Mg+2].[Na+].[Na+].[Na+]. The summed E-state index contributed by atoms with van der Waals surface area (Å²) < 4.78 is 51.5. The molecule has 0 heterocycles. The molecule has 0 fully saturated rings. The van der Waals surface area contributed by atoms with Gasteiger partial charge in [0.25, 0.3) is 7.82 Å². The van der Waals surface area contributed by atoms with E-state index in [2.05, 4.69) is 0 Å². The molecule has 0 aromatic rings. The summed E-state index contributed by atoms with van der Waals surface area (Å²) in [7, 11) is -15.2. The maximum atomic E-state index is 8.77. The van der Waals surface area contributed by atoms with Gasteiger partial charge in [-0.15, -0.1) is 0 Å². The Morgan fingerprint density at radius 3 is 0.739 bits per heavy atom. The van der Waals surface area contributed by atoms with E-state index in [1.165, 1.54) is 0 Å². The smallest absolute Gasteiger partial charge is 1.00 e. The third-order valence-electron chi connectivity index (χ3n) is 0. The van der Waals surface area contributed by atoms with Crippen LogP contribution in [-0.4, -0.2) is 55.3 Å². The van der Waals surface area contributed by atoms with Gasteiger partial charge in [0.05, 0.1) is 7.82 Å². The minimum Gasteiger partial charge on any atom is -1.00 e. The Morgan fingerprint density at radius 1 is 0.739 bits per heavy atom. The van der Waals surface area contributed by atoms with Gasteiger partial charge in [-0.25, -0.2) is 0 Å². The van der Waals surface area contributed by atoms with E-state index < -0.39 is 26.0 Å². The largest absolute Gasteiger partial charge is 2.00 e. The number of phosphoric acid groups is 2. The zero-order valence-electron chi connectivity index (χ0n) is 12.8. The van der Waals surface area contributed by atoms with Crippen LogP contribution in [0, 0.1) is 0 Å². The van der Waals surface area contributed by atoms with Gasteiger partial charge in [-0.2, -0.15) is 0 Å². The number of rotatable bonds is 0. The quantitative estimate of drug-likeness (QED) is 0.114. The topological polar surface area (TPSA) is 244 Å².